The summed E-state index contributed by atoms with van der Waals surface area (Å²) < 4.78 is 22.8. The van der Waals surface area contributed by atoms with E-state index in [1.807, 2.05) is 0 Å². The van der Waals surface area contributed by atoms with Crippen LogP contribution in [0.3, 0.4) is 0 Å². The number of unbranched alkanes of at least 4 members (excludes halogenated alkanes) is 17. The molecule has 0 saturated carbocycles. The highest BCUT2D eigenvalue weighted by molar-refractivity contribution is 5.69. The van der Waals surface area contributed by atoms with E-state index in [0.29, 0.717) is 13.0 Å². The molecule has 1 saturated heterocycles. The second kappa shape index (κ2) is 42.0. The van der Waals surface area contributed by atoms with E-state index in [0.717, 1.165) is 83.5 Å². The van der Waals surface area contributed by atoms with Crippen molar-refractivity contribution in [3.8, 4) is 0 Å². The van der Waals surface area contributed by atoms with Crippen molar-refractivity contribution >= 4 is 5.97 Å². The second-order valence-electron chi connectivity index (χ2n) is 16.2. The molecule has 60 heavy (non-hydrogen) atoms. The molecule has 1 aliphatic heterocycles. The number of carbonyl (C=O) groups excluding carboxylic acids is 1. The molecule has 6 unspecified atom stereocenters. The van der Waals surface area contributed by atoms with Gasteiger partial charge in [0.1, 0.15) is 30.5 Å². The Morgan fingerprint density at radius 3 is 1.52 bits per heavy atom. The average molecular weight is 845 g/mol. The highest BCUT2D eigenvalue weighted by Crippen LogP contribution is 2.22. The lowest BCUT2D eigenvalue weighted by Crippen LogP contribution is -2.59. The fraction of sp³-hybridized carbons (Fsp3) is 0.745. The Labute approximate surface area is 366 Å². The quantitative estimate of drug-likeness (QED) is 0.0270. The molecule has 0 bridgehead atoms. The number of aliphatic hydroxyl groups excluding tert-OH is 4. The number of aliphatic hydroxyl groups is 4. The molecule has 0 spiro atoms. The van der Waals surface area contributed by atoms with Crippen LogP contribution >= 0.6 is 0 Å². The molecule has 0 aliphatic carbocycles. The topological polar surface area (TPSA) is 135 Å². The molecule has 1 aliphatic rings. The summed E-state index contributed by atoms with van der Waals surface area (Å²) in [6.07, 6.45) is 47.9. The van der Waals surface area contributed by atoms with Gasteiger partial charge in [-0.25, -0.2) is 0 Å². The van der Waals surface area contributed by atoms with E-state index in [2.05, 4.69) is 86.8 Å². The largest absolute Gasteiger partial charge is 0.457 e. The van der Waals surface area contributed by atoms with Crippen LogP contribution in [0.4, 0.5) is 0 Å². The van der Waals surface area contributed by atoms with Gasteiger partial charge in [0.25, 0.3) is 0 Å². The number of carbonyl (C=O) groups is 1. The van der Waals surface area contributed by atoms with E-state index in [1.165, 1.54) is 77.0 Å². The number of hydrogen-bond donors (Lipinski definition) is 4. The van der Waals surface area contributed by atoms with Gasteiger partial charge in [0.05, 0.1) is 19.8 Å². The highest BCUT2D eigenvalue weighted by atomic mass is 16.7. The van der Waals surface area contributed by atoms with Crippen LogP contribution in [0, 0.1) is 0 Å². The third kappa shape index (κ3) is 32.4. The molecule has 4 N–H and O–H groups in total. The summed E-state index contributed by atoms with van der Waals surface area (Å²) >= 11 is 0. The van der Waals surface area contributed by atoms with Gasteiger partial charge in [-0.05, 0) is 64.2 Å². The molecular weight excluding hydrogens is 757 g/mol. The van der Waals surface area contributed by atoms with Crippen LogP contribution in [0.1, 0.15) is 181 Å². The van der Waals surface area contributed by atoms with Crippen molar-refractivity contribution < 1.29 is 44.2 Å². The molecule has 1 rings (SSSR count). The molecule has 9 heteroatoms. The van der Waals surface area contributed by atoms with Crippen molar-refractivity contribution in [1.82, 2.24) is 0 Å². The number of ether oxygens (including phenoxy) is 4. The zero-order valence-corrected chi connectivity index (χ0v) is 37.9. The van der Waals surface area contributed by atoms with E-state index in [4.69, 9.17) is 18.9 Å². The van der Waals surface area contributed by atoms with Crippen LogP contribution in [0.5, 0.6) is 0 Å². The van der Waals surface area contributed by atoms with Gasteiger partial charge in [0, 0.05) is 13.0 Å². The molecule has 1 fully saturated rings. The van der Waals surface area contributed by atoms with E-state index >= 15 is 0 Å². The normalized spacial score (nSPS) is 20.7. The Bertz CT molecular complexity index is 1140. The summed E-state index contributed by atoms with van der Waals surface area (Å²) in [5, 5.41) is 40.2. The Morgan fingerprint density at radius 1 is 0.550 bits per heavy atom. The van der Waals surface area contributed by atoms with Gasteiger partial charge >= 0.3 is 5.97 Å². The van der Waals surface area contributed by atoms with E-state index < -0.39 is 43.4 Å². The van der Waals surface area contributed by atoms with E-state index in [1.54, 1.807) is 0 Å². The third-order valence-corrected chi connectivity index (χ3v) is 10.6. The minimum atomic E-state index is -1.55. The fourth-order valence-corrected chi connectivity index (χ4v) is 6.91. The van der Waals surface area contributed by atoms with Crippen LogP contribution in [-0.4, -0.2) is 89.6 Å². The Hall–Kier alpha value is -2.37. The van der Waals surface area contributed by atoms with Crippen LogP contribution in [0.25, 0.3) is 0 Å². The van der Waals surface area contributed by atoms with Crippen molar-refractivity contribution in [3.05, 3.63) is 72.9 Å². The molecule has 0 aromatic rings. The van der Waals surface area contributed by atoms with Crippen molar-refractivity contribution in [2.75, 3.05) is 26.4 Å². The summed E-state index contributed by atoms with van der Waals surface area (Å²) in [6.45, 7) is 4.36. The lowest BCUT2D eigenvalue weighted by atomic mass is 9.99. The molecule has 6 atom stereocenters. The first kappa shape index (κ1) is 55.6. The molecular formula is C51H88O9. The smallest absolute Gasteiger partial charge is 0.306 e. The molecule has 0 aromatic carbocycles. The lowest BCUT2D eigenvalue weighted by molar-refractivity contribution is -0.305. The van der Waals surface area contributed by atoms with Crippen molar-refractivity contribution in [1.29, 1.82) is 0 Å². The van der Waals surface area contributed by atoms with Gasteiger partial charge in [-0.2, -0.15) is 0 Å². The van der Waals surface area contributed by atoms with Crippen molar-refractivity contribution in [3.63, 3.8) is 0 Å². The van der Waals surface area contributed by atoms with Gasteiger partial charge < -0.3 is 39.4 Å². The van der Waals surface area contributed by atoms with Gasteiger partial charge in [-0.1, -0.05) is 183 Å². The van der Waals surface area contributed by atoms with Crippen LogP contribution in [0.2, 0.25) is 0 Å². The summed E-state index contributed by atoms with van der Waals surface area (Å²) in [5.41, 5.74) is 0. The van der Waals surface area contributed by atoms with E-state index in [-0.39, 0.29) is 19.2 Å². The van der Waals surface area contributed by atoms with Gasteiger partial charge in [0.15, 0.2) is 6.29 Å². The first-order chi connectivity index (χ1) is 29.4. The second-order valence-corrected chi connectivity index (χ2v) is 16.2. The van der Waals surface area contributed by atoms with Gasteiger partial charge in [-0.3, -0.25) is 4.79 Å². The predicted octanol–water partition coefficient (Wildman–Crippen LogP) is 11.3. The molecule has 0 amide bonds. The maximum atomic E-state index is 12.8. The Kier molecular flexibility index (Phi) is 38.9. The Balaban J connectivity index is 2.27. The first-order valence-electron chi connectivity index (χ1n) is 24.0. The minimum absolute atomic E-state index is 0.120. The van der Waals surface area contributed by atoms with Gasteiger partial charge in [0.2, 0.25) is 0 Å². The predicted molar refractivity (Wildman–Crippen MR) is 247 cm³/mol. The molecule has 0 radical (unpaired) electrons. The van der Waals surface area contributed by atoms with Crippen molar-refractivity contribution in [2.24, 2.45) is 0 Å². The zero-order chi connectivity index (χ0) is 43.6. The van der Waals surface area contributed by atoms with Crippen LogP contribution in [0.15, 0.2) is 72.9 Å². The maximum Gasteiger partial charge on any atom is 0.306 e. The minimum Gasteiger partial charge on any atom is -0.457 e. The van der Waals surface area contributed by atoms with Crippen LogP contribution in [-0.2, 0) is 23.7 Å². The standard InChI is InChI=1S/C51H88O9/c1-3-5-7-9-11-13-15-17-19-20-21-22-23-24-25-27-29-31-33-35-37-39-41-57-43-45(44-58-51-50(56)49(55)48(54)46(42-52)60-51)59-47(53)40-38-36-34-32-30-28-26-18-16-14-12-10-8-6-4-2/h5,7,11,13,17,19,21-22,24-25,29,31,45-46,48-52,54-56H,3-4,6,8-10,12,14-16,18,20,23,26-28,30,32-44H2,1-2H3/b7-5-,13-11-,19-17-,22-21-,25-24-,31-29-. The van der Waals surface area contributed by atoms with Crippen LogP contribution < -0.4 is 0 Å². The zero-order valence-electron chi connectivity index (χ0n) is 37.9. The van der Waals surface area contributed by atoms with E-state index in [9.17, 15) is 25.2 Å². The molecule has 9 nitrogen and oxygen atoms in total. The highest BCUT2D eigenvalue weighted by Gasteiger charge is 2.44. The fourth-order valence-electron chi connectivity index (χ4n) is 6.91. The number of allylic oxidation sites excluding steroid dienone is 12. The first-order valence-corrected chi connectivity index (χ1v) is 24.0. The monoisotopic (exact) mass is 845 g/mol. The average Bonchev–Trinajstić information content (AvgIpc) is 3.25. The third-order valence-electron chi connectivity index (χ3n) is 10.6. The number of rotatable bonds is 40. The summed E-state index contributed by atoms with van der Waals surface area (Å²) in [4.78, 5) is 12.8. The summed E-state index contributed by atoms with van der Waals surface area (Å²) in [7, 11) is 0. The van der Waals surface area contributed by atoms with Gasteiger partial charge in [-0.15, -0.1) is 0 Å². The SMILES string of the molecule is CC/C=C\C/C=C\C/C=C\C/C=C\C/C=C\C/C=C\CCCCCOCC(COC1OC(CO)C(O)C(O)C1O)OC(=O)CCCCCCCCCCCCCCCCC. The summed E-state index contributed by atoms with van der Waals surface area (Å²) in [5.74, 6) is -0.327. The molecule has 1 heterocycles. The Morgan fingerprint density at radius 2 is 1.02 bits per heavy atom. The van der Waals surface area contributed by atoms with Crippen molar-refractivity contribution in [2.45, 2.75) is 218 Å². The number of esters is 1. The molecule has 0 aromatic heterocycles. The number of hydrogen-bond acceptors (Lipinski definition) is 9. The maximum absolute atomic E-state index is 12.8. The molecule has 346 valence electrons. The summed E-state index contributed by atoms with van der Waals surface area (Å²) in [6, 6.07) is 0. The lowest BCUT2D eigenvalue weighted by Gasteiger charge is -2.39.